The van der Waals surface area contributed by atoms with E-state index in [0.717, 1.165) is 37.5 Å². The maximum atomic E-state index is 6.39. The van der Waals surface area contributed by atoms with E-state index in [2.05, 4.69) is 48.5 Å². The lowest BCUT2D eigenvalue weighted by molar-refractivity contribution is 0.179. The molecular weight excluding hydrogens is 352 g/mol. The minimum atomic E-state index is -0.196. The van der Waals surface area contributed by atoms with E-state index in [9.17, 15) is 0 Å². The molecule has 0 unspecified atom stereocenters. The van der Waals surface area contributed by atoms with E-state index in [1.165, 1.54) is 22.3 Å². The number of nitrogens with zero attached hydrogens (tertiary/aromatic N) is 2. The Hall–Kier alpha value is -2.66. The third kappa shape index (κ3) is 2.00. The van der Waals surface area contributed by atoms with Gasteiger partial charge >= 0.3 is 0 Å². The molecule has 1 saturated carbocycles. The van der Waals surface area contributed by atoms with Crippen LogP contribution in [-0.2, 0) is 22.3 Å². The highest BCUT2D eigenvalue weighted by atomic mass is 16.5. The van der Waals surface area contributed by atoms with Gasteiger partial charge in [0.2, 0.25) is 0 Å². The molecule has 2 N–H and O–H groups in total. The van der Waals surface area contributed by atoms with Crippen LogP contribution in [0.5, 0.6) is 0 Å². The topological polar surface area (TPSA) is 74.7 Å². The lowest BCUT2D eigenvalue weighted by Crippen LogP contribution is -2.30. The Balaban J connectivity index is 0.00000156. The first-order chi connectivity index (χ1) is 13.3. The number of fused-ring (bicyclic) bond motifs is 6. The summed E-state index contributed by atoms with van der Waals surface area (Å²) >= 11 is 0. The minimum absolute atomic E-state index is 0. The lowest BCUT2D eigenvalue weighted by atomic mass is 10.1. The maximum absolute atomic E-state index is 6.39. The molecule has 2 aromatic rings. The van der Waals surface area contributed by atoms with Crippen molar-refractivity contribution in [3.8, 4) is 0 Å². The first-order valence-corrected chi connectivity index (χ1v) is 9.97. The quantitative estimate of drug-likeness (QED) is 0.810. The maximum Gasteiger partial charge on any atom is 0.200 e. The molecule has 2 aromatic carbocycles. The molecule has 0 saturated heterocycles. The summed E-state index contributed by atoms with van der Waals surface area (Å²) in [6, 6.07) is 17.5. The molecule has 0 bridgehead atoms. The van der Waals surface area contributed by atoms with E-state index in [4.69, 9.17) is 19.5 Å². The molecule has 5 aliphatic rings. The van der Waals surface area contributed by atoms with Crippen LogP contribution in [0.1, 0.15) is 47.2 Å². The summed E-state index contributed by atoms with van der Waals surface area (Å²) in [5.74, 6) is 1.75. The first-order valence-electron chi connectivity index (χ1n) is 9.97. The van der Waals surface area contributed by atoms with Crippen LogP contribution < -0.4 is 0 Å². The fourth-order valence-corrected chi connectivity index (χ4v) is 5.31. The number of hydrogen-bond acceptors (Lipinski definition) is 4. The summed E-state index contributed by atoms with van der Waals surface area (Å²) < 4.78 is 12.8. The van der Waals surface area contributed by atoms with Crippen LogP contribution in [0.4, 0.5) is 0 Å². The van der Waals surface area contributed by atoms with Crippen LogP contribution in [0.25, 0.3) is 0 Å². The number of rotatable bonds is 2. The van der Waals surface area contributed by atoms with Gasteiger partial charge in [0.05, 0.1) is 0 Å². The number of aliphatic imine (C=N–C) groups is 2. The van der Waals surface area contributed by atoms with Crippen molar-refractivity contribution in [2.45, 2.75) is 50.0 Å². The highest BCUT2D eigenvalue weighted by molar-refractivity contribution is 6.09. The highest BCUT2D eigenvalue weighted by Crippen LogP contribution is 2.56. The molecule has 0 radical (unpaired) electrons. The normalized spacial score (nSPS) is 32.0. The minimum Gasteiger partial charge on any atom is -0.474 e. The summed E-state index contributed by atoms with van der Waals surface area (Å²) in [6.45, 7) is 0. The average molecular weight is 374 g/mol. The molecular formula is C23H22N2O3. The van der Waals surface area contributed by atoms with E-state index in [-0.39, 0.29) is 35.2 Å². The van der Waals surface area contributed by atoms with Crippen molar-refractivity contribution in [2.24, 2.45) is 15.4 Å². The Labute approximate surface area is 163 Å². The smallest absolute Gasteiger partial charge is 0.200 e. The molecule has 3 aliphatic carbocycles. The Kier molecular flexibility index (Phi) is 3.17. The summed E-state index contributed by atoms with van der Waals surface area (Å²) in [6.07, 6.45) is 4.28. The molecule has 0 spiro atoms. The molecule has 0 aromatic heterocycles. The van der Waals surface area contributed by atoms with E-state index < -0.39 is 0 Å². The molecule has 5 nitrogen and oxygen atoms in total. The van der Waals surface area contributed by atoms with Crippen molar-refractivity contribution < 1.29 is 14.9 Å². The van der Waals surface area contributed by atoms with E-state index in [1.54, 1.807) is 0 Å². The van der Waals surface area contributed by atoms with Gasteiger partial charge in [-0.2, -0.15) is 0 Å². The molecule has 7 rings (SSSR count). The van der Waals surface area contributed by atoms with Crippen LogP contribution in [0, 0.1) is 5.41 Å². The number of hydrogen-bond donors (Lipinski definition) is 0. The zero-order chi connectivity index (χ0) is 17.6. The SMILES string of the molecule is O.c1ccc2c(c1)C[C@@H]1OC(C3(C4=N[C@@H]5c6ccccc6C[C@@H]5O4)CC3)=N[C@H]21. The third-order valence-electron chi connectivity index (χ3n) is 6.90. The fraction of sp³-hybridized carbons (Fsp3) is 0.391. The van der Waals surface area contributed by atoms with E-state index >= 15 is 0 Å². The largest absolute Gasteiger partial charge is 0.474 e. The number of ether oxygens (including phenoxy) is 2. The predicted octanol–water partition coefficient (Wildman–Crippen LogP) is 3.13. The molecule has 142 valence electrons. The Morgan fingerprint density at radius 1 is 0.714 bits per heavy atom. The van der Waals surface area contributed by atoms with Crippen molar-refractivity contribution in [2.75, 3.05) is 0 Å². The van der Waals surface area contributed by atoms with Gasteiger partial charge in [0.15, 0.2) is 11.8 Å². The third-order valence-corrected chi connectivity index (χ3v) is 6.90. The molecule has 2 heterocycles. The summed E-state index contributed by atoms with van der Waals surface area (Å²) in [5.41, 5.74) is 5.21. The monoisotopic (exact) mass is 374 g/mol. The second kappa shape index (κ2) is 5.45. The zero-order valence-electron chi connectivity index (χ0n) is 15.5. The Morgan fingerprint density at radius 3 is 1.64 bits per heavy atom. The molecule has 5 heteroatoms. The van der Waals surface area contributed by atoms with Gasteiger partial charge in [-0.15, -0.1) is 0 Å². The molecule has 1 fully saturated rings. The van der Waals surface area contributed by atoms with Crippen LogP contribution in [0.3, 0.4) is 0 Å². The van der Waals surface area contributed by atoms with Crippen molar-refractivity contribution >= 4 is 11.8 Å². The van der Waals surface area contributed by atoms with Crippen LogP contribution in [0.15, 0.2) is 58.5 Å². The van der Waals surface area contributed by atoms with E-state index in [1.807, 2.05) is 0 Å². The van der Waals surface area contributed by atoms with Gasteiger partial charge < -0.3 is 14.9 Å². The van der Waals surface area contributed by atoms with Crippen molar-refractivity contribution in [3.05, 3.63) is 70.8 Å². The van der Waals surface area contributed by atoms with Crippen LogP contribution >= 0.6 is 0 Å². The average Bonchev–Trinajstić information content (AvgIpc) is 2.99. The summed E-state index contributed by atoms with van der Waals surface area (Å²) in [5, 5.41) is 0. The van der Waals surface area contributed by atoms with Gasteiger partial charge in [0.25, 0.3) is 0 Å². The van der Waals surface area contributed by atoms with Gasteiger partial charge in [-0.25, -0.2) is 9.98 Å². The fourth-order valence-electron chi connectivity index (χ4n) is 5.31. The standard InChI is InChI=1S/C23H20N2O2.H2O/c1-3-7-15-13(5-1)11-17-19(15)24-21(26-17)23(9-10-23)22-25-20-16-8-4-2-6-14(16)12-18(20)27-22;/h1-8,17-20H,9-12H2;1H2/t17-,18-,19+,20+;/m0./s1. The Bertz CT molecular complexity index is 960. The van der Waals surface area contributed by atoms with E-state index in [0.29, 0.717) is 0 Å². The van der Waals surface area contributed by atoms with Gasteiger partial charge in [0.1, 0.15) is 29.7 Å². The molecule has 28 heavy (non-hydrogen) atoms. The summed E-state index contributed by atoms with van der Waals surface area (Å²) in [4.78, 5) is 10.1. The second-order valence-electron chi connectivity index (χ2n) is 8.46. The van der Waals surface area contributed by atoms with Gasteiger partial charge in [-0.1, -0.05) is 48.5 Å². The van der Waals surface area contributed by atoms with Gasteiger partial charge in [-0.3, -0.25) is 0 Å². The van der Waals surface area contributed by atoms with Gasteiger partial charge in [0, 0.05) is 12.8 Å². The number of benzene rings is 2. The molecule has 4 atom stereocenters. The van der Waals surface area contributed by atoms with Crippen molar-refractivity contribution in [3.63, 3.8) is 0 Å². The van der Waals surface area contributed by atoms with Crippen molar-refractivity contribution in [1.29, 1.82) is 0 Å². The highest BCUT2D eigenvalue weighted by Gasteiger charge is 2.61. The Morgan fingerprint density at radius 2 is 1.18 bits per heavy atom. The molecule has 2 aliphatic heterocycles. The zero-order valence-corrected chi connectivity index (χ0v) is 15.5. The van der Waals surface area contributed by atoms with Crippen molar-refractivity contribution in [1.82, 2.24) is 0 Å². The predicted molar refractivity (Wildman–Crippen MR) is 106 cm³/mol. The van der Waals surface area contributed by atoms with Crippen LogP contribution in [0.2, 0.25) is 0 Å². The van der Waals surface area contributed by atoms with Gasteiger partial charge in [-0.05, 0) is 35.1 Å². The second-order valence-corrected chi connectivity index (χ2v) is 8.46. The van der Waals surface area contributed by atoms with Crippen LogP contribution in [-0.4, -0.2) is 29.5 Å². The molecule has 0 amide bonds. The lowest BCUT2D eigenvalue weighted by Gasteiger charge is -2.18. The first kappa shape index (κ1) is 16.3. The summed E-state index contributed by atoms with van der Waals surface area (Å²) in [7, 11) is 0.